The topological polar surface area (TPSA) is 104 Å². The first-order valence-corrected chi connectivity index (χ1v) is 13.3. The molecule has 0 aliphatic carbocycles. The quantitative estimate of drug-likeness (QED) is 0.522. The van der Waals surface area contributed by atoms with Crippen LogP contribution in [0.1, 0.15) is 43.1 Å². The third-order valence-corrected chi connectivity index (χ3v) is 8.23. The van der Waals surface area contributed by atoms with E-state index in [0.29, 0.717) is 26.5 Å². The minimum absolute atomic E-state index is 0.0610. The van der Waals surface area contributed by atoms with Gasteiger partial charge in [0.1, 0.15) is 10.9 Å². The van der Waals surface area contributed by atoms with Gasteiger partial charge in [-0.3, -0.25) is 14.4 Å². The number of carbonyl (C=O) groups excluding carboxylic acids is 3. The van der Waals surface area contributed by atoms with E-state index >= 15 is 0 Å². The van der Waals surface area contributed by atoms with Crippen LogP contribution in [0.25, 0.3) is 0 Å². The van der Waals surface area contributed by atoms with Gasteiger partial charge in [-0.15, -0.1) is 0 Å². The van der Waals surface area contributed by atoms with Crippen molar-refractivity contribution in [3.8, 4) is 0 Å². The van der Waals surface area contributed by atoms with E-state index in [1.807, 2.05) is 13.8 Å². The first kappa shape index (κ1) is 27.0. The largest absolute Gasteiger partial charge is 0.354 e. The summed E-state index contributed by atoms with van der Waals surface area (Å²) in [5.74, 6) is -1.36. The summed E-state index contributed by atoms with van der Waals surface area (Å²) in [6.45, 7) is 5.48. The smallest absolute Gasteiger partial charge is 0.269 e. The number of sulfonamides is 1. The summed E-state index contributed by atoms with van der Waals surface area (Å²) < 4.78 is 26.4. The van der Waals surface area contributed by atoms with E-state index in [2.05, 4.69) is 5.32 Å². The molecule has 188 valence electrons. The zero-order chi connectivity index (χ0) is 25.9. The SMILES string of the molecule is CC(C)CNC(=O)C(C)N(Cc1c(Cl)cccc1Cl)C(=O)CCN1C(=O)c2ccccc2S1(=O)=O. The Kier molecular flexibility index (Phi) is 8.46. The van der Waals surface area contributed by atoms with Crippen LogP contribution in [0.3, 0.4) is 0 Å². The van der Waals surface area contributed by atoms with Crippen molar-refractivity contribution in [2.75, 3.05) is 13.1 Å². The average Bonchev–Trinajstić information content (AvgIpc) is 3.00. The second-order valence-electron chi connectivity index (χ2n) is 8.67. The monoisotopic (exact) mass is 539 g/mol. The van der Waals surface area contributed by atoms with Crippen molar-refractivity contribution in [1.29, 1.82) is 0 Å². The molecule has 2 aromatic rings. The van der Waals surface area contributed by atoms with Crippen molar-refractivity contribution < 1.29 is 22.8 Å². The van der Waals surface area contributed by atoms with E-state index in [1.165, 1.54) is 23.1 Å². The fourth-order valence-corrected chi connectivity index (χ4v) is 5.77. The van der Waals surface area contributed by atoms with Crippen LogP contribution in [0, 0.1) is 5.92 Å². The Labute approximate surface area is 215 Å². The Hall–Kier alpha value is -2.62. The highest BCUT2D eigenvalue weighted by Crippen LogP contribution is 2.30. The maximum Gasteiger partial charge on any atom is 0.269 e. The number of amides is 3. The summed E-state index contributed by atoms with van der Waals surface area (Å²) in [6, 6.07) is 9.93. The molecule has 8 nitrogen and oxygen atoms in total. The molecule has 2 aromatic carbocycles. The van der Waals surface area contributed by atoms with Crippen molar-refractivity contribution >= 4 is 50.9 Å². The van der Waals surface area contributed by atoms with Crippen molar-refractivity contribution in [2.24, 2.45) is 5.92 Å². The van der Waals surface area contributed by atoms with Gasteiger partial charge < -0.3 is 10.2 Å². The number of fused-ring (bicyclic) bond motifs is 1. The zero-order valence-corrected chi connectivity index (χ0v) is 22.0. The Morgan fingerprint density at radius 3 is 2.26 bits per heavy atom. The number of nitrogens with zero attached hydrogens (tertiary/aromatic N) is 2. The minimum atomic E-state index is -4.05. The lowest BCUT2D eigenvalue weighted by Gasteiger charge is -2.30. The van der Waals surface area contributed by atoms with Crippen LogP contribution in [-0.2, 0) is 26.2 Å². The molecule has 3 amide bonds. The van der Waals surface area contributed by atoms with Crippen molar-refractivity contribution in [2.45, 2.75) is 44.7 Å². The molecule has 1 atom stereocenters. The van der Waals surface area contributed by atoms with Crippen LogP contribution in [-0.4, -0.2) is 54.5 Å². The highest BCUT2D eigenvalue weighted by molar-refractivity contribution is 7.90. The number of hydrogen-bond acceptors (Lipinski definition) is 5. The summed E-state index contributed by atoms with van der Waals surface area (Å²) in [4.78, 5) is 40.0. The molecule has 0 bridgehead atoms. The van der Waals surface area contributed by atoms with Crippen LogP contribution >= 0.6 is 23.2 Å². The van der Waals surface area contributed by atoms with Crippen LogP contribution in [0.15, 0.2) is 47.4 Å². The van der Waals surface area contributed by atoms with E-state index in [0.717, 1.165) is 0 Å². The molecule has 0 radical (unpaired) electrons. The third-order valence-electron chi connectivity index (χ3n) is 5.68. The molecule has 11 heteroatoms. The summed E-state index contributed by atoms with van der Waals surface area (Å²) in [5, 5.41) is 3.46. The van der Waals surface area contributed by atoms with Crippen LogP contribution in [0.5, 0.6) is 0 Å². The lowest BCUT2D eigenvalue weighted by Crippen LogP contribution is -2.49. The summed E-state index contributed by atoms with van der Waals surface area (Å²) in [6.07, 6.45) is -0.317. The van der Waals surface area contributed by atoms with Gasteiger partial charge in [-0.1, -0.05) is 55.2 Å². The summed E-state index contributed by atoms with van der Waals surface area (Å²) in [5.41, 5.74) is 0.533. The maximum absolute atomic E-state index is 13.3. The predicted molar refractivity (Wildman–Crippen MR) is 134 cm³/mol. The van der Waals surface area contributed by atoms with Gasteiger partial charge in [0.05, 0.1) is 5.56 Å². The molecule has 0 fully saturated rings. The van der Waals surface area contributed by atoms with Crippen LogP contribution in [0.4, 0.5) is 0 Å². The fourth-order valence-electron chi connectivity index (χ4n) is 3.68. The third kappa shape index (κ3) is 5.79. The molecular formula is C24H27Cl2N3O5S. The van der Waals surface area contributed by atoms with Gasteiger partial charge in [-0.05, 0) is 37.1 Å². The van der Waals surface area contributed by atoms with Crippen LogP contribution in [0.2, 0.25) is 10.0 Å². The van der Waals surface area contributed by atoms with Gasteiger partial charge >= 0.3 is 0 Å². The Balaban J connectivity index is 1.82. The fraction of sp³-hybridized carbons (Fsp3) is 0.375. The average molecular weight is 540 g/mol. The minimum Gasteiger partial charge on any atom is -0.354 e. The van der Waals surface area contributed by atoms with Gasteiger partial charge in [0, 0.05) is 41.7 Å². The van der Waals surface area contributed by atoms with Crippen molar-refractivity contribution in [3.05, 3.63) is 63.6 Å². The van der Waals surface area contributed by atoms with Crippen LogP contribution < -0.4 is 5.32 Å². The molecule has 1 N–H and O–H groups in total. The molecule has 1 aliphatic heterocycles. The molecule has 1 unspecified atom stereocenters. The first-order valence-electron chi connectivity index (χ1n) is 11.1. The van der Waals surface area contributed by atoms with E-state index in [9.17, 15) is 22.8 Å². The molecule has 1 aliphatic rings. The highest BCUT2D eigenvalue weighted by Gasteiger charge is 2.41. The lowest BCUT2D eigenvalue weighted by molar-refractivity contribution is -0.140. The number of carbonyl (C=O) groups is 3. The van der Waals surface area contributed by atoms with Gasteiger partial charge in [0.2, 0.25) is 11.8 Å². The molecule has 0 spiro atoms. The normalized spacial score (nSPS) is 15.1. The maximum atomic E-state index is 13.3. The number of halogens is 2. The molecular weight excluding hydrogens is 513 g/mol. The van der Waals surface area contributed by atoms with Gasteiger partial charge in [-0.2, -0.15) is 0 Å². The Bertz CT molecular complexity index is 1230. The van der Waals surface area contributed by atoms with E-state index in [1.54, 1.807) is 31.2 Å². The molecule has 3 rings (SSSR count). The van der Waals surface area contributed by atoms with Gasteiger partial charge in [0.25, 0.3) is 15.9 Å². The molecule has 0 saturated heterocycles. The van der Waals surface area contributed by atoms with Gasteiger partial charge in [-0.25, -0.2) is 12.7 Å². The second kappa shape index (κ2) is 11.0. The van der Waals surface area contributed by atoms with Crippen molar-refractivity contribution in [3.63, 3.8) is 0 Å². The molecule has 35 heavy (non-hydrogen) atoms. The van der Waals surface area contributed by atoms with Crippen molar-refractivity contribution in [1.82, 2.24) is 14.5 Å². The summed E-state index contributed by atoms with van der Waals surface area (Å²) >= 11 is 12.6. The number of benzene rings is 2. The van der Waals surface area contributed by atoms with E-state index < -0.39 is 27.9 Å². The highest BCUT2D eigenvalue weighted by atomic mass is 35.5. The first-order chi connectivity index (χ1) is 16.4. The second-order valence-corrected chi connectivity index (χ2v) is 11.3. The molecule has 1 heterocycles. The zero-order valence-electron chi connectivity index (χ0n) is 19.6. The molecule has 0 saturated carbocycles. The van der Waals surface area contributed by atoms with Gasteiger partial charge in [0.15, 0.2) is 0 Å². The number of rotatable bonds is 9. The van der Waals surface area contributed by atoms with E-state index in [4.69, 9.17) is 23.2 Å². The molecule has 0 aromatic heterocycles. The Morgan fingerprint density at radius 1 is 1.03 bits per heavy atom. The number of nitrogens with one attached hydrogen (secondary N) is 1. The Morgan fingerprint density at radius 2 is 1.66 bits per heavy atom. The summed E-state index contributed by atoms with van der Waals surface area (Å²) in [7, 11) is -4.05. The standard InChI is InChI=1S/C24H27Cl2N3O5S/c1-15(2)13-27-23(31)16(3)28(14-18-19(25)8-6-9-20(18)26)22(30)11-12-29-24(32)17-7-4-5-10-21(17)35(29,33)34/h4-10,15-16H,11-14H2,1-3H3,(H,27,31). The van der Waals surface area contributed by atoms with E-state index in [-0.39, 0.29) is 41.8 Å². The number of hydrogen-bond donors (Lipinski definition) is 1. The lowest BCUT2D eigenvalue weighted by atomic mass is 10.1. The predicted octanol–water partition coefficient (Wildman–Crippen LogP) is 3.72.